The Morgan fingerprint density at radius 2 is 1.68 bits per heavy atom. The number of hydrogen-bond donors (Lipinski definition) is 4. The molecular weight excluding hydrogens is 276 g/mol. The summed E-state index contributed by atoms with van der Waals surface area (Å²) in [6, 6.07) is 0. The van der Waals surface area contributed by atoms with Crippen LogP contribution in [0.1, 0.15) is 26.7 Å². The molecular formula is C13H16N4S2. The van der Waals surface area contributed by atoms with E-state index in [-0.39, 0.29) is 0 Å². The zero-order valence-electron chi connectivity index (χ0n) is 10.9. The molecule has 6 heteroatoms. The lowest BCUT2D eigenvalue weighted by Crippen LogP contribution is -2.21. The fourth-order valence-electron chi connectivity index (χ4n) is 2.77. The minimum atomic E-state index is 0.352. The van der Waals surface area contributed by atoms with Crippen molar-refractivity contribution >= 4 is 40.0 Å². The Kier molecular flexibility index (Phi) is 3.02. The standard InChI is InChI=1S/C13H16N4S2/c1-5-3-7-8(4-6(5)2)11(14)16-9(7)10-12(15)17-13(18)19-10/h5-6H,3-4H2,1-2H3,(H2,14,16)(H2,15,17,18). The van der Waals surface area contributed by atoms with Crippen molar-refractivity contribution < 1.29 is 0 Å². The minimum Gasteiger partial charge on any atom is -0.339 e. The quantitative estimate of drug-likeness (QED) is 0.518. The van der Waals surface area contributed by atoms with Gasteiger partial charge in [-0.3, -0.25) is 10.8 Å². The summed E-state index contributed by atoms with van der Waals surface area (Å²) < 4.78 is 0.618. The van der Waals surface area contributed by atoms with E-state index in [0.717, 1.165) is 29.0 Å². The first-order valence-corrected chi connectivity index (χ1v) is 7.60. The molecule has 2 unspecified atom stereocenters. The van der Waals surface area contributed by atoms with Crippen LogP contribution in [0.3, 0.4) is 0 Å². The van der Waals surface area contributed by atoms with E-state index in [1.165, 1.54) is 17.3 Å². The first kappa shape index (κ1) is 12.9. The lowest BCUT2D eigenvalue weighted by Gasteiger charge is -2.26. The van der Waals surface area contributed by atoms with Gasteiger partial charge in [-0.2, -0.15) is 0 Å². The van der Waals surface area contributed by atoms with E-state index in [1.54, 1.807) is 0 Å². The maximum absolute atomic E-state index is 8.10. The predicted octanol–water partition coefficient (Wildman–Crippen LogP) is 2.74. The van der Waals surface area contributed by atoms with E-state index in [0.29, 0.717) is 27.8 Å². The van der Waals surface area contributed by atoms with Crippen molar-refractivity contribution in [3.05, 3.63) is 21.7 Å². The Labute approximate surface area is 122 Å². The Morgan fingerprint density at radius 3 is 2.26 bits per heavy atom. The maximum Gasteiger partial charge on any atom is 0.144 e. The number of nitrogens with one attached hydrogen (secondary N) is 4. The number of thioether (sulfide) groups is 1. The van der Waals surface area contributed by atoms with Gasteiger partial charge in [0.15, 0.2) is 0 Å². The highest BCUT2D eigenvalue weighted by molar-refractivity contribution is 8.26. The second kappa shape index (κ2) is 4.45. The van der Waals surface area contributed by atoms with E-state index in [4.69, 9.17) is 23.0 Å². The van der Waals surface area contributed by atoms with E-state index >= 15 is 0 Å². The molecule has 0 bridgehead atoms. The second-order valence-corrected chi connectivity index (χ2v) is 7.10. The SMILES string of the molecule is CC1CC2=C(CC1C)C(=C1SC(=S)NC1=N)NC2=N. The molecule has 0 aromatic rings. The summed E-state index contributed by atoms with van der Waals surface area (Å²) in [6.07, 6.45) is 1.93. The molecule has 0 aromatic heterocycles. The van der Waals surface area contributed by atoms with E-state index < -0.39 is 0 Å². The number of hydrogen-bond acceptors (Lipinski definition) is 4. The molecule has 2 heterocycles. The molecule has 0 aromatic carbocycles. The average Bonchev–Trinajstić information content (AvgIpc) is 2.82. The van der Waals surface area contributed by atoms with Crippen molar-refractivity contribution in [1.82, 2.24) is 10.6 Å². The van der Waals surface area contributed by atoms with Gasteiger partial charge in [0.25, 0.3) is 0 Å². The molecule has 1 saturated heterocycles. The minimum absolute atomic E-state index is 0.352. The molecule has 19 heavy (non-hydrogen) atoms. The summed E-state index contributed by atoms with van der Waals surface area (Å²) in [7, 11) is 0. The van der Waals surface area contributed by atoms with Crippen molar-refractivity contribution in [2.75, 3.05) is 0 Å². The highest BCUT2D eigenvalue weighted by atomic mass is 32.2. The van der Waals surface area contributed by atoms with Gasteiger partial charge < -0.3 is 10.6 Å². The van der Waals surface area contributed by atoms with Crippen LogP contribution in [0.4, 0.5) is 0 Å². The zero-order chi connectivity index (χ0) is 13.7. The molecule has 2 atom stereocenters. The van der Waals surface area contributed by atoms with Crippen molar-refractivity contribution in [3.63, 3.8) is 0 Å². The van der Waals surface area contributed by atoms with E-state index in [2.05, 4.69) is 24.5 Å². The summed E-state index contributed by atoms with van der Waals surface area (Å²) in [4.78, 5) is 0.835. The van der Waals surface area contributed by atoms with Crippen LogP contribution in [0.25, 0.3) is 0 Å². The van der Waals surface area contributed by atoms with E-state index in [1.807, 2.05) is 0 Å². The normalized spacial score (nSPS) is 34.5. The molecule has 4 nitrogen and oxygen atoms in total. The van der Waals surface area contributed by atoms with Gasteiger partial charge in [-0.1, -0.05) is 37.8 Å². The van der Waals surface area contributed by atoms with Gasteiger partial charge in [0, 0.05) is 0 Å². The number of thiocarbonyl (C=S) groups is 1. The molecule has 1 fully saturated rings. The topological polar surface area (TPSA) is 71.8 Å². The molecule has 1 aliphatic carbocycles. The van der Waals surface area contributed by atoms with Crippen molar-refractivity contribution in [2.45, 2.75) is 26.7 Å². The third-order valence-electron chi connectivity index (χ3n) is 4.12. The van der Waals surface area contributed by atoms with Crippen LogP contribution < -0.4 is 10.6 Å². The molecule has 100 valence electrons. The fourth-order valence-corrected chi connectivity index (χ4v) is 3.89. The Bertz CT molecular complexity index is 573. The molecule has 0 amide bonds. The zero-order valence-corrected chi connectivity index (χ0v) is 12.5. The summed E-state index contributed by atoms with van der Waals surface area (Å²) in [5.41, 5.74) is 3.27. The Balaban J connectivity index is 2.06. The van der Waals surface area contributed by atoms with E-state index in [9.17, 15) is 0 Å². The molecule has 3 aliphatic rings. The van der Waals surface area contributed by atoms with Gasteiger partial charge in [0.1, 0.15) is 16.0 Å². The van der Waals surface area contributed by atoms with Gasteiger partial charge in [-0.25, -0.2) is 0 Å². The highest BCUT2D eigenvalue weighted by Crippen LogP contribution is 2.42. The van der Waals surface area contributed by atoms with Crippen LogP contribution in [-0.4, -0.2) is 16.0 Å². The van der Waals surface area contributed by atoms with Crippen molar-refractivity contribution in [2.24, 2.45) is 11.8 Å². The molecule has 3 rings (SSSR count). The molecule has 4 N–H and O–H groups in total. The summed E-state index contributed by atoms with van der Waals surface area (Å²) in [5.74, 6) is 2.08. The Morgan fingerprint density at radius 1 is 1.05 bits per heavy atom. The molecule has 2 aliphatic heterocycles. The summed E-state index contributed by atoms with van der Waals surface area (Å²) in [5, 5.41) is 22.1. The number of rotatable bonds is 0. The third kappa shape index (κ3) is 2.03. The monoisotopic (exact) mass is 292 g/mol. The third-order valence-corrected chi connectivity index (χ3v) is 5.37. The van der Waals surface area contributed by atoms with Gasteiger partial charge in [0.05, 0.1) is 10.6 Å². The van der Waals surface area contributed by atoms with Crippen LogP contribution in [0.15, 0.2) is 21.7 Å². The summed E-state index contributed by atoms with van der Waals surface area (Å²) >= 11 is 6.52. The number of allylic oxidation sites excluding steroid dienone is 1. The van der Waals surface area contributed by atoms with Crippen LogP contribution in [0.5, 0.6) is 0 Å². The lowest BCUT2D eigenvalue weighted by molar-refractivity contribution is 0.368. The molecule has 0 saturated carbocycles. The highest BCUT2D eigenvalue weighted by Gasteiger charge is 2.36. The second-order valence-electron chi connectivity index (χ2n) is 5.41. The molecule has 0 spiro atoms. The fraction of sp³-hybridized carbons (Fsp3) is 0.462. The van der Waals surface area contributed by atoms with Gasteiger partial charge in [-0.15, -0.1) is 0 Å². The van der Waals surface area contributed by atoms with Gasteiger partial charge >= 0.3 is 0 Å². The number of amidine groups is 2. The van der Waals surface area contributed by atoms with Crippen LogP contribution >= 0.6 is 24.0 Å². The molecule has 0 radical (unpaired) electrons. The largest absolute Gasteiger partial charge is 0.339 e. The maximum atomic E-state index is 8.10. The Hall–Kier alpha value is -1.14. The van der Waals surface area contributed by atoms with Crippen LogP contribution in [0.2, 0.25) is 0 Å². The smallest absolute Gasteiger partial charge is 0.144 e. The van der Waals surface area contributed by atoms with Crippen molar-refractivity contribution in [3.8, 4) is 0 Å². The first-order chi connectivity index (χ1) is 8.97. The van der Waals surface area contributed by atoms with Gasteiger partial charge in [0.2, 0.25) is 0 Å². The van der Waals surface area contributed by atoms with Gasteiger partial charge in [-0.05, 0) is 35.8 Å². The average molecular weight is 292 g/mol. The summed E-state index contributed by atoms with van der Waals surface area (Å²) in [6.45, 7) is 4.50. The lowest BCUT2D eigenvalue weighted by atomic mass is 9.78. The predicted molar refractivity (Wildman–Crippen MR) is 83.5 cm³/mol. The first-order valence-electron chi connectivity index (χ1n) is 6.37. The van der Waals surface area contributed by atoms with Crippen LogP contribution in [0, 0.1) is 22.7 Å². The van der Waals surface area contributed by atoms with Crippen molar-refractivity contribution in [1.29, 1.82) is 10.8 Å². The van der Waals surface area contributed by atoms with Crippen LogP contribution in [-0.2, 0) is 0 Å².